The number of β-lactam (4-membered cyclic amide) rings is 1. The van der Waals surface area contributed by atoms with E-state index in [1.54, 1.807) is 0 Å². The molecular formula is C9H7F2NO3S. The summed E-state index contributed by atoms with van der Waals surface area (Å²) in [6, 6.07) is 0. The Hall–Kier alpha value is -1.37. The molecule has 1 fully saturated rings. The Bertz CT molecular complexity index is 417. The standard InChI is InChI=1S/C9H7F2NO3S/c10-6(11)1-5-4(9(14)15)3-12-7(13)2-8(12)16-5/h1,3,5,8H,2H2,(H,14,15)/t5?,8-/m1/s1. The second-order valence-corrected chi connectivity index (χ2v) is 4.69. The van der Waals surface area contributed by atoms with Crippen LogP contribution in [0.25, 0.3) is 0 Å². The molecule has 7 heteroatoms. The molecule has 0 aliphatic carbocycles. The summed E-state index contributed by atoms with van der Waals surface area (Å²) in [5, 5.41) is 7.74. The van der Waals surface area contributed by atoms with Crippen LogP contribution in [0.15, 0.2) is 23.9 Å². The highest BCUT2D eigenvalue weighted by molar-refractivity contribution is 8.01. The zero-order valence-corrected chi connectivity index (χ0v) is 8.71. The summed E-state index contributed by atoms with van der Waals surface area (Å²) in [5.74, 6) is -1.47. The van der Waals surface area contributed by atoms with Crippen LogP contribution < -0.4 is 0 Å². The van der Waals surface area contributed by atoms with E-state index in [1.165, 1.54) is 4.90 Å². The molecule has 0 bridgehead atoms. The molecule has 2 aliphatic heterocycles. The molecule has 2 rings (SSSR count). The van der Waals surface area contributed by atoms with Gasteiger partial charge in [-0.15, -0.1) is 11.8 Å². The number of nitrogens with zero attached hydrogens (tertiary/aromatic N) is 1. The lowest BCUT2D eigenvalue weighted by molar-refractivity contribution is -0.137. The van der Waals surface area contributed by atoms with Crippen molar-refractivity contribution in [2.45, 2.75) is 17.0 Å². The molecule has 4 nitrogen and oxygen atoms in total. The number of rotatable bonds is 2. The van der Waals surface area contributed by atoms with Crippen molar-refractivity contribution in [2.24, 2.45) is 0 Å². The minimum absolute atomic E-state index is 0.181. The molecule has 0 saturated carbocycles. The van der Waals surface area contributed by atoms with E-state index in [1.807, 2.05) is 0 Å². The fraction of sp³-hybridized carbons (Fsp3) is 0.333. The van der Waals surface area contributed by atoms with Crippen molar-refractivity contribution in [3.05, 3.63) is 23.9 Å². The number of hydrogen-bond acceptors (Lipinski definition) is 3. The molecule has 0 aromatic carbocycles. The van der Waals surface area contributed by atoms with Crippen molar-refractivity contribution in [2.75, 3.05) is 0 Å². The largest absolute Gasteiger partial charge is 0.478 e. The van der Waals surface area contributed by atoms with Crippen LogP contribution in [-0.4, -0.2) is 32.5 Å². The van der Waals surface area contributed by atoms with Crippen molar-refractivity contribution in [1.82, 2.24) is 4.90 Å². The van der Waals surface area contributed by atoms with E-state index in [0.29, 0.717) is 6.08 Å². The molecule has 1 amide bonds. The maximum atomic E-state index is 12.1. The van der Waals surface area contributed by atoms with Crippen LogP contribution in [0.1, 0.15) is 6.42 Å². The van der Waals surface area contributed by atoms with Crippen LogP contribution >= 0.6 is 11.8 Å². The Labute approximate surface area is 93.6 Å². The SMILES string of the molecule is O=C(O)C1=CN2C(=O)C[C@H]2SC1C=C(F)F. The van der Waals surface area contributed by atoms with Crippen molar-refractivity contribution >= 4 is 23.6 Å². The van der Waals surface area contributed by atoms with E-state index in [2.05, 4.69) is 0 Å². The van der Waals surface area contributed by atoms with Crippen molar-refractivity contribution in [3.63, 3.8) is 0 Å². The summed E-state index contributed by atoms with van der Waals surface area (Å²) in [6.07, 6.45) is 0.111. The van der Waals surface area contributed by atoms with Gasteiger partial charge in [0.15, 0.2) is 0 Å². The summed E-state index contributed by atoms with van der Waals surface area (Å²) in [4.78, 5) is 23.2. The number of amides is 1. The number of thioether (sulfide) groups is 1. The first-order valence-corrected chi connectivity index (χ1v) is 5.38. The lowest BCUT2D eigenvalue weighted by Crippen LogP contribution is -2.51. The molecule has 1 N–H and O–H groups in total. The monoisotopic (exact) mass is 247 g/mol. The first-order valence-electron chi connectivity index (χ1n) is 4.43. The molecule has 1 saturated heterocycles. The van der Waals surface area contributed by atoms with Crippen LogP contribution in [0.3, 0.4) is 0 Å². The minimum Gasteiger partial charge on any atom is -0.478 e. The number of carboxylic acids is 1. The maximum absolute atomic E-state index is 12.1. The van der Waals surface area contributed by atoms with E-state index >= 15 is 0 Å². The molecule has 16 heavy (non-hydrogen) atoms. The highest BCUT2D eigenvalue weighted by Gasteiger charge is 2.42. The zero-order chi connectivity index (χ0) is 11.9. The van der Waals surface area contributed by atoms with Gasteiger partial charge in [0.2, 0.25) is 5.91 Å². The Balaban J connectivity index is 2.29. The van der Waals surface area contributed by atoms with Gasteiger partial charge in [-0.1, -0.05) is 0 Å². The molecule has 0 aromatic heterocycles. The minimum atomic E-state index is -1.91. The van der Waals surface area contributed by atoms with Crippen LogP contribution in [0.5, 0.6) is 0 Å². The number of hydrogen-bond donors (Lipinski definition) is 1. The maximum Gasteiger partial charge on any atom is 0.334 e. The molecule has 0 radical (unpaired) electrons. The van der Waals surface area contributed by atoms with Crippen LogP contribution in [0.4, 0.5) is 8.78 Å². The van der Waals surface area contributed by atoms with E-state index in [-0.39, 0.29) is 23.3 Å². The van der Waals surface area contributed by atoms with Gasteiger partial charge in [0.1, 0.15) is 0 Å². The summed E-state index contributed by atoms with van der Waals surface area (Å²) in [6.45, 7) is 0. The van der Waals surface area contributed by atoms with Gasteiger partial charge in [-0.05, 0) is 6.08 Å². The summed E-state index contributed by atoms with van der Waals surface area (Å²) >= 11 is 1.05. The quantitative estimate of drug-likeness (QED) is 0.749. The molecule has 2 atom stereocenters. The summed E-state index contributed by atoms with van der Waals surface area (Å²) < 4.78 is 24.2. The van der Waals surface area contributed by atoms with Crippen LogP contribution in [-0.2, 0) is 9.59 Å². The Morgan fingerprint density at radius 3 is 2.81 bits per heavy atom. The first kappa shape index (κ1) is 11.1. The van der Waals surface area contributed by atoms with Gasteiger partial charge in [-0.3, -0.25) is 4.79 Å². The van der Waals surface area contributed by atoms with E-state index in [9.17, 15) is 18.4 Å². The van der Waals surface area contributed by atoms with Crippen molar-refractivity contribution in [1.29, 1.82) is 0 Å². The lowest BCUT2D eigenvalue weighted by Gasteiger charge is -2.42. The summed E-state index contributed by atoms with van der Waals surface area (Å²) in [7, 11) is 0. The van der Waals surface area contributed by atoms with E-state index < -0.39 is 17.3 Å². The van der Waals surface area contributed by atoms with Crippen molar-refractivity contribution < 1.29 is 23.5 Å². The molecule has 86 valence electrons. The Morgan fingerprint density at radius 1 is 1.62 bits per heavy atom. The second kappa shape index (κ2) is 3.89. The predicted molar refractivity (Wildman–Crippen MR) is 52.6 cm³/mol. The third-order valence-electron chi connectivity index (χ3n) is 2.36. The number of fused-ring (bicyclic) bond motifs is 1. The van der Waals surface area contributed by atoms with Gasteiger partial charge in [0, 0.05) is 6.20 Å². The lowest BCUT2D eigenvalue weighted by atomic mass is 10.1. The number of carbonyl (C=O) groups is 2. The molecule has 0 spiro atoms. The highest BCUT2D eigenvalue weighted by atomic mass is 32.2. The average molecular weight is 247 g/mol. The smallest absolute Gasteiger partial charge is 0.334 e. The zero-order valence-electron chi connectivity index (χ0n) is 7.89. The Kier molecular flexibility index (Phi) is 2.71. The molecule has 1 unspecified atom stereocenters. The molecule has 2 aliphatic rings. The molecular weight excluding hydrogens is 240 g/mol. The molecule has 0 aromatic rings. The topological polar surface area (TPSA) is 57.6 Å². The second-order valence-electron chi connectivity index (χ2n) is 3.36. The van der Waals surface area contributed by atoms with E-state index in [0.717, 1.165) is 18.0 Å². The van der Waals surface area contributed by atoms with E-state index in [4.69, 9.17) is 5.11 Å². The van der Waals surface area contributed by atoms with Gasteiger partial charge in [-0.2, -0.15) is 8.78 Å². The van der Waals surface area contributed by atoms with Gasteiger partial charge in [0.25, 0.3) is 6.08 Å². The van der Waals surface area contributed by atoms with Crippen LogP contribution in [0.2, 0.25) is 0 Å². The van der Waals surface area contributed by atoms with Crippen LogP contribution in [0, 0.1) is 0 Å². The third-order valence-corrected chi connectivity index (χ3v) is 3.75. The number of halogens is 2. The Morgan fingerprint density at radius 2 is 2.31 bits per heavy atom. The predicted octanol–water partition coefficient (Wildman–Crippen LogP) is 1.41. The van der Waals surface area contributed by atoms with Gasteiger partial charge < -0.3 is 10.0 Å². The van der Waals surface area contributed by atoms with Crippen molar-refractivity contribution in [3.8, 4) is 0 Å². The van der Waals surface area contributed by atoms with Gasteiger partial charge in [0.05, 0.1) is 22.6 Å². The normalized spacial score (nSPS) is 27.8. The number of aliphatic carboxylic acids is 1. The number of carboxylic acid groups (broad SMARTS) is 1. The fourth-order valence-corrected chi connectivity index (χ4v) is 2.93. The first-order chi connectivity index (χ1) is 7.49. The van der Waals surface area contributed by atoms with Gasteiger partial charge in [-0.25, -0.2) is 4.79 Å². The van der Waals surface area contributed by atoms with Gasteiger partial charge >= 0.3 is 5.97 Å². The summed E-state index contributed by atoms with van der Waals surface area (Å²) in [5.41, 5.74) is -0.192. The fourth-order valence-electron chi connectivity index (χ4n) is 1.56. The average Bonchev–Trinajstić information content (AvgIpc) is 2.15. The third kappa shape index (κ3) is 1.82. The number of carbonyl (C=O) groups excluding carboxylic acids is 1. The molecule has 2 heterocycles. The highest BCUT2D eigenvalue weighted by Crippen LogP contribution is 2.41.